The van der Waals surface area contributed by atoms with Crippen LogP contribution in [-0.4, -0.2) is 23.9 Å². The molecule has 0 spiro atoms. The summed E-state index contributed by atoms with van der Waals surface area (Å²) >= 11 is 0. The first-order chi connectivity index (χ1) is 13.5. The van der Waals surface area contributed by atoms with Gasteiger partial charge in [-0.2, -0.15) is 0 Å². The maximum atomic E-state index is 12.5. The Kier molecular flexibility index (Phi) is 5.86. The average Bonchev–Trinajstić information content (AvgIpc) is 2.68. The van der Waals surface area contributed by atoms with Gasteiger partial charge in [-0.05, 0) is 36.4 Å². The topological polar surface area (TPSA) is 92.3 Å². The SMILES string of the molecule is COc1cccc(NC(=O)c2cncc(Nc3cccc(NC(C)=O)c3)c2)c1. The van der Waals surface area contributed by atoms with Crippen molar-refractivity contribution in [2.45, 2.75) is 6.92 Å². The van der Waals surface area contributed by atoms with E-state index in [0.717, 1.165) is 5.69 Å². The molecule has 3 N–H and O–H groups in total. The number of nitrogens with one attached hydrogen (secondary N) is 3. The van der Waals surface area contributed by atoms with Gasteiger partial charge in [-0.1, -0.05) is 12.1 Å². The summed E-state index contributed by atoms with van der Waals surface area (Å²) in [5.41, 5.74) is 3.13. The third-order valence-electron chi connectivity index (χ3n) is 3.80. The molecule has 2 amide bonds. The minimum atomic E-state index is -0.281. The molecule has 1 aromatic heterocycles. The predicted molar refractivity (Wildman–Crippen MR) is 109 cm³/mol. The van der Waals surface area contributed by atoms with Crippen LogP contribution in [0.3, 0.4) is 0 Å². The number of ether oxygens (including phenoxy) is 1. The van der Waals surface area contributed by atoms with Gasteiger partial charge in [-0.25, -0.2) is 0 Å². The number of nitrogens with zero attached hydrogens (tertiary/aromatic N) is 1. The van der Waals surface area contributed by atoms with Gasteiger partial charge in [0.05, 0.1) is 24.6 Å². The van der Waals surface area contributed by atoms with Crippen molar-refractivity contribution in [2.24, 2.45) is 0 Å². The summed E-state index contributed by atoms with van der Waals surface area (Å²) in [6, 6.07) is 16.1. The fourth-order valence-electron chi connectivity index (χ4n) is 2.58. The zero-order chi connectivity index (χ0) is 19.9. The highest BCUT2D eigenvalue weighted by Gasteiger charge is 2.09. The molecule has 0 aliphatic carbocycles. The number of rotatable bonds is 6. The maximum absolute atomic E-state index is 12.5. The second-order valence-electron chi connectivity index (χ2n) is 6.04. The molecule has 0 saturated carbocycles. The van der Waals surface area contributed by atoms with Crippen LogP contribution in [-0.2, 0) is 4.79 Å². The van der Waals surface area contributed by atoms with Crippen LogP contribution in [0.2, 0.25) is 0 Å². The Morgan fingerprint density at radius 3 is 2.32 bits per heavy atom. The van der Waals surface area contributed by atoms with E-state index in [2.05, 4.69) is 20.9 Å². The molecule has 28 heavy (non-hydrogen) atoms. The number of benzene rings is 2. The fourth-order valence-corrected chi connectivity index (χ4v) is 2.58. The Morgan fingerprint density at radius 2 is 1.57 bits per heavy atom. The number of amides is 2. The highest BCUT2D eigenvalue weighted by Crippen LogP contribution is 2.21. The monoisotopic (exact) mass is 376 g/mol. The summed E-state index contributed by atoms with van der Waals surface area (Å²) in [5, 5.41) is 8.73. The molecule has 3 rings (SSSR count). The van der Waals surface area contributed by atoms with E-state index in [4.69, 9.17) is 4.74 Å². The summed E-state index contributed by atoms with van der Waals surface area (Å²) in [6.07, 6.45) is 3.11. The van der Waals surface area contributed by atoms with Crippen molar-refractivity contribution in [3.63, 3.8) is 0 Å². The van der Waals surface area contributed by atoms with Gasteiger partial charge >= 0.3 is 0 Å². The van der Waals surface area contributed by atoms with Crippen LogP contribution in [0.1, 0.15) is 17.3 Å². The van der Waals surface area contributed by atoms with Crippen molar-refractivity contribution in [1.82, 2.24) is 4.98 Å². The molecule has 0 radical (unpaired) electrons. The van der Waals surface area contributed by atoms with Gasteiger partial charge in [0.1, 0.15) is 5.75 Å². The van der Waals surface area contributed by atoms with Gasteiger partial charge < -0.3 is 20.7 Å². The van der Waals surface area contributed by atoms with Crippen LogP contribution in [0, 0.1) is 0 Å². The normalized spacial score (nSPS) is 10.1. The van der Waals surface area contributed by atoms with Crippen molar-refractivity contribution < 1.29 is 14.3 Å². The minimum absolute atomic E-state index is 0.143. The lowest BCUT2D eigenvalue weighted by Crippen LogP contribution is -2.12. The molecular weight excluding hydrogens is 356 g/mol. The largest absolute Gasteiger partial charge is 0.497 e. The van der Waals surface area contributed by atoms with Crippen LogP contribution >= 0.6 is 0 Å². The molecule has 0 saturated heterocycles. The Bertz CT molecular complexity index is 1000. The Morgan fingerprint density at radius 1 is 0.857 bits per heavy atom. The van der Waals surface area contributed by atoms with E-state index < -0.39 is 0 Å². The molecule has 3 aromatic rings. The first-order valence-corrected chi connectivity index (χ1v) is 8.58. The molecule has 0 unspecified atom stereocenters. The zero-order valence-corrected chi connectivity index (χ0v) is 15.5. The van der Waals surface area contributed by atoms with Gasteiger partial charge in [0.2, 0.25) is 5.91 Å². The zero-order valence-electron chi connectivity index (χ0n) is 15.5. The lowest BCUT2D eigenvalue weighted by atomic mass is 10.2. The Hall–Kier alpha value is -3.87. The molecule has 0 aliphatic heterocycles. The van der Waals surface area contributed by atoms with Gasteiger partial charge in [0, 0.05) is 36.2 Å². The molecule has 142 valence electrons. The van der Waals surface area contributed by atoms with Gasteiger partial charge in [-0.3, -0.25) is 14.6 Å². The number of carbonyl (C=O) groups excluding carboxylic acids is 2. The first kappa shape index (κ1) is 18.9. The third-order valence-corrected chi connectivity index (χ3v) is 3.80. The highest BCUT2D eigenvalue weighted by molar-refractivity contribution is 6.04. The second kappa shape index (κ2) is 8.68. The molecule has 7 nitrogen and oxygen atoms in total. The van der Waals surface area contributed by atoms with E-state index in [9.17, 15) is 9.59 Å². The van der Waals surface area contributed by atoms with Crippen LogP contribution < -0.4 is 20.7 Å². The van der Waals surface area contributed by atoms with E-state index in [0.29, 0.717) is 28.4 Å². The van der Waals surface area contributed by atoms with Gasteiger partial charge in [0.15, 0.2) is 0 Å². The number of methoxy groups -OCH3 is 1. The Labute approximate surface area is 162 Å². The molecule has 1 heterocycles. The highest BCUT2D eigenvalue weighted by atomic mass is 16.5. The van der Waals surface area contributed by atoms with Gasteiger partial charge in [-0.15, -0.1) is 0 Å². The quantitative estimate of drug-likeness (QED) is 0.604. The molecule has 0 fully saturated rings. The van der Waals surface area contributed by atoms with Crippen LogP contribution in [0.5, 0.6) is 5.75 Å². The van der Waals surface area contributed by atoms with Crippen molar-refractivity contribution in [3.05, 3.63) is 72.6 Å². The summed E-state index contributed by atoms with van der Waals surface area (Å²) < 4.78 is 5.16. The maximum Gasteiger partial charge on any atom is 0.257 e. The summed E-state index contributed by atoms with van der Waals surface area (Å²) in [6.45, 7) is 1.45. The summed E-state index contributed by atoms with van der Waals surface area (Å²) in [4.78, 5) is 27.9. The number of carbonyl (C=O) groups is 2. The summed E-state index contributed by atoms with van der Waals surface area (Å²) in [5.74, 6) is 0.233. The van der Waals surface area contributed by atoms with Crippen LogP contribution in [0.15, 0.2) is 67.0 Å². The van der Waals surface area contributed by atoms with E-state index in [-0.39, 0.29) is 11.8 Å². The Balaban J connectivity index is 1.73. The molecular formula is C21H20N4O3. The smallest absolute Gasteiger partial charge is 0.257 e. The molecule has 0 atom stereocenters. The van der Waals surface area contributed by atoms with Crippen molar-refractivity contribution in [3.8, 4) is 5.75 Å². The van der Waals surface area contributed by atoms with E-state index in [1.54, 1.807) is 55.8 Å². The second-order valence-corrected chi connectivity index (χ2v) is 6.04. The molecule has 7 heteroatoms. The molecule has 0 aliphatic rings. The van der Waals surface area contributed by atoms with E-state index in [1.807, 2.05) is 12.1 Å². The minimum Gasteiger partial charge on any atom is -0.497 e. The number of hydrogen-bond acceptors (Lipinski definition) is 5. The first-order valence-electron chi connectivity index (χ1n) is 8.58. The van der Waals surface area contributed by atoms with Crippen molar-refractivity contribution >= 4 is 34.6 Å². The van der Waals surface area contributed by atoms with E-state index >= 15 is 0 Å². The van der Waals surface area contributed by atoms with Crippen LogP contribution in [0.4, 0.5) is 22.7 Å². The van der Waals surface area contributed by atoms with Gasteiger partial charge in [0.25, 0.3) is 5.91 Å². The standard InChI is InChI=1S/C21H20N4O3/c1-14(26)23-16-5-3-6-17(10-16)24-19-9-15(12-22-13-19)21(27)25-18-7-4-8-20(11-18)28-2/h3-13,24H,1-2H3,(H,23,26)(H,25,27). The number of anilines is 4. The van der Waals surface area contributed by atoms with Crippen LogP contribution in [0.25, 0.3) is 0 Å². The predicted octanol–water partition coefficient (Wildman–Crippen LogP) is 4.04. The number of hydrogen-bond donors (Lipinski definition) is 3. The lowest BCUT2D eigenvalue weighted by Gasteiger charge is -2.10. The van der Waals surface area contributed by atoms with Crippen molar-refractivity contribution in [2.75, 3.05) is 23.1 Å². The molecule has 0 bridgehead atoms. The summed E-state index contributed by atoms with van der Waals surface area (Å²) in [7, 11) is 1.57. The number of pyridine rings is 1. The third kappa shape index (κ3) is 5.07. The lowest BCUT2D eigenvalue weighted by molar-refractivity contribution is -0.114. The molecule has 2 aromatic carbocycles. The number of aromatic nitrogens is 1. The fraction of sp³-hybridized carbons (Fsp3) is 0.0952. The van der Waals surface area contributed by atoms with Crippen molar-refractivity contribution in [1.29, 1.82) is 0 Å². The van der Waals surface area contributed by atoms with E-state index in [1.165, 1.54) is 13.1 Å². The average molecular weight is 376 g/mol.